The van der Waals surface area contributed by atoms with Crippen molar-refractivity contribution in [1.82, 2.24) is 9.36 Å². The maximum absolute atomic E-state index is 11.3. The van der Waals surface area contributed by atoms with Crippen molar-refractivity contribution in [2.75, 3.05) is 5.73 Å². The molecule has 8 heteroatoms. The highest BCUT2D eigenvalue weighted by molar-refractivity contribution is 8.01. The number of hydrogen-bond acceptors (Lipinski definition) is 6. The number of nitrogens with zero attached hydrogens (tertiary/aromatic N) is 2. The van der Waals surface area contributed by atoms with Gasteiger partial charge < -0.3 is 11.5 Å². The monoisotopic (exact) mass is 286 g/mol. The van der Waals surface area contributed by atoms with Gasteiger partial charge in [-0.05, 0) is 23.7 Å². The third-order valence-corrected chi connectivity index (χ3v) is 4.13. The van der Waals surface area contributed by atoms with Crippen LogP contribution in [0.4, 0.5) is 5.69 Å². The zero-order valence-corrected chi connectivity index (χ0v) is 10.8. The minimum absolute atomic E-state index is 0.287. The first-order valence-electron chi connectivity index (χ1n) is 4.41. The molecule has 0 saturated carbocycles. The summed E-state index contributed by atoms with van der Waals surface area (Å²) in [6.07, 6.45) is 1.43. The van der Waals surface area contributed by atoms with Gasteiger partial charge in [-0.15, -0.1) is 0 Å². The SMILES string of the molecule is NC(=O)c1cc(N)cc(Cl)c1Sc1ncns1. The second-order valence-corrected chi connectivity index (χ2v) is 5.50. The smallest absolute Gasteiger partial charge is 0.249 e. The van der Waals surface area contributed by atoms with Gasteiger partial charge >= 0.3 is 0 Å². The van der Waals surface area contributed by atoms with Crippen molar-refractivity contribution < 1.29 is 4.79 Å². The lowest BCUT2D eigenvalue weighted by Crippen LogP contribution is -2.13. The van der Waals surface area contributed by atoms with Crippen molar-refractivity contribution in [1.29, 1.82) is 0 Å². The lowest BCUT2D eigenvalue weighted by atomic mass is 10.2. The molecular formula is C9H7ClN4OS2. The van der Waals surface area contributed by atoms with Crippen molar-refractivity contribution in [3.05, 3.63) is 29.0 Å². The fraction of sp³-hybridized carbons (Fsp3) is 0. The average Bonchev–Trinajstić information content (AvgIpc) is 2.74. The van der Waals surface area contributed by atoms with E-state index in [0.29, 0.717) is 19.9 Å². The number of halogens is 1. The molecule has 0 spiro atoms. The normalized spacial score (nSPS) is 10.4. The number of amides is 1. The van der Waals surface area contributed by atoms with Gasteiger partial charge in [-0.25, -0.2) is 4.98 Å². The lowest BCUT2D eigenvalue weighted by molar-refractivity contribution is 0.0997. The predicted molar refractivity (Wildman–Crippen MR) is 68.4 cm³/mol. The second-order valence-electron chi connectivity index (χ2n) is 3.05. The number of hydrogen-bond donors (Lipinski definition) is 2. The summed E-state index contributed by atoms with van der Waals surface area (Å²) < 4.78 is 4.55. The van der Waals surface area contributed by atoms with E-state index in [9.17, 15) is 4.79 Å². The molecule has 88 valence electrons. The van der Waals surface area contributed by atoms with Crippen LogP contribution < -0.4 is 11.5 Å². The van der Waals surface area contributed by atoms with Crippen molar-refractivity contribution in [2.45, 2.75) is 9.24 Å². The van der Waals surface area contributed by atoms with Crippen molar-refractivity contribution >= 4 is 46.5 Å². The highest BCUT2D eigenvalue weighted by atomic mass is 35.5. The van der Waals surface area contributed by atoms with E-state index in [2.05, 4.69) is 9.36 Å². The molecule has 0 aliphatic carbocycles. The first-order valence-corrected chi connectivity index (χ1v) is 6.38. The standard InChI is InChI=1S/C9H7ClN4OS2/c10-6-2-4(11)1-5(8(12)15)7(6)16-9-13-3-14-17-9/h1-3H,11H2,(H2,12,15). The van der Waals surface area contributed by atoms with Crippen LogP contribution in [0.2, 0.25) is 5.02 Å². The quantitative estimate of drug-likeness (QED) is 0.842. The summed E-state index contributed by atoms with van der Waals surface area (Å²) in [6.45, 7) is 0. The Morgan fingerprint density at radius 1 is 1.47 bits per heavy atom. The van der Waals surface area contributed by atoms with Gasteiger partial charge in [0.1, 0.15) is 6.33 Å². The van der Waals surface area contributed by atoms with Crippen LogP contribution in [0, 0.1) is 0 Å². The Hall–Kier alpha value is -1.31. The fourth-order valence-electron chi connectivity index (χ4n) is 1.20. The molecular weight excluding hydrogens is 280 g/mol. The zero-order valence-electron chi connectivity index (χ0n) is 8.38. The van der Waals surface area contributed by atoms with Gasteiger partial charge in [0, 0.05) is 10.6 Å². The van der Waals surface area contributed by atoms with Gasteiger partial charge in [0.2, 0.25) is 5.91 Å². The molecule has 1 aromatic heterocycles. The fourth-order valence-corrected chi connectivity index (χ4v) is 3.05. The van der Waals surface area contributed by atoms with E-state index in [1.54, 1.807) is 6.07 Å². The van der Waals surface area contributed by atoms with E-state index in [4.69, 9.17) is 23.1 Å². The highest BCUT2D eigenvalue weighted by Crippen LogP contribution is 2.37. The number of nitrogens with two attached hydrogens (primary N) is 2. The summed E-state index contributed by atoms with van der Waals surface area (Å²) >= 11 is 8.50. The molecule has 0 atom stereocenters. The molecule has 1 amide bonds. The number of carbonyl (C=O) groups excluding carboxylic acids is 1. The minimum atomic E-state index is -0.578. The number of rotatable bonds is 3. The van der Waals surface area contributed by atoms with Crippen LogP contribution in [-0.4, -0.2) is 15.3 Å². The Bertz CT molecular complexity index is 558. The summed E-state index contributed by atoms with van der Waals surface area (Å²) in [5, 5.41) is 0.374. The first kappa shape index (κ1) is 12.2. The third kappa shape index (κ3) is 2.68. The Labute approximate surface area is 110 Å². The molecule has 0 fully saturated rings. The number of primary amides is 1. The molecule has 0 aliphatic heterocycles. The van der Waals surface area contributed by atoms with Gasteiger partial charge in [0.05, 0.1) is 10.6 Å². The number of benzene rings is 1. The number of anilines is 1. The maximum atomic E-state index is 11.3. The Morgan fingerprint density at radius 3 is 2.82 bits per heavy atom. The number of aromatic nitrogens is 2. The molecule has 2 aromatic rings. The molecule has 0 radical (unpaired) electrons. The first-order chi connectivity index (χ1) is 8.08. The van der Waals surface area contributed by atoms with Crippen LogP contribution in [0.5, 0.6) is 0 Å². The summed E-state index contributed by atoms with van der Waals surface area (Å²) in [7, 11) is 0. The summed E-state index contributed by atoms with van der Waals surface area (Å²) in [5.74, 6) is -0.578. The molecule has 2 rings (SSSR count). The van der Waals surface area contributed by atoms with E-state index in [0.717, 1.165) is 0 Å². The van der Waals surface area contributed by atoms with Crippen molar-refractivity contribution in [3.8, 4) is 0 Å². The van der Waals surface area contributed by atoms with Gasteiger partial charge in [-0.3, -0.25) is 4.79 Å². The number of nitrogen functional groups attached to an aromatic ring is 1. The molecule has 1 heterocycles. The van der Waals surface area contributed by atoms with E-state index < -0.39 is 5.91 Å². The maximum Gasteiger partial charge on any atom is 0.249 e. The van der Waals surface area contributed by atoms with Crippen molar-refractivity contribution in [3.63, 3.8) is 0 Å². The average molecular weight is 287 g/mol. The van der Waals surface area contributed by atoms with Crippen LogP contribution in [0.25, 0.3) is 0 Å². The lowest BCUT2D eigenvalue weighted by Gasteiger charge is -2.08. The van der Waals surface area contributed by atoms with Gasteiger partial charge in [-0.1, -0.05) is 23.4 Å². The van der Waals surface area contributed by atoms with E-state index in [-0.39, 0.29) is 5.56 Å². The topological polar surface area (TPSA) is 94.9 Å². The van der Waals surface area contributed by atoms with Gasteiger partial charge in [0.25, 0.3) is 0 Å². The summed E-state index contributed by atoms with van der Waals surface area (Å²) in [6, 6.07) is 3.06. The van der Waals surface area contributed by atoms with Crippen LogP contribution in [0.15, 0.2) is 27.7 Å². The molecule has 5 nitrogen and oxygen atoms in total. The minimum Gasteiger partial charge on any atom is -0.399 e. The molecule has 0 bridgehead atoms. The predicted octanol–water partition coefficient (Wildman–Crippen LogP) is 2.02. The van der Waals surface area contributed by atoms with Crippen LogP contribution >= 0.6 is 34.9 Å². The largest absolute Gasteiger partial charge is 0.399 e. The summed E-state index contributed by atoms with van der Waals surface area (Å²) in [5.41, 5.74) is 11.6. The van der Waals surface area contributed by atoms with Crippen LogP contribution in [0.1, 0.15) is 10.4 Å². The van der Waals surface area contributed by atoms with Gasteiger partial charge in [-0.2, -0.15) is 4.37 Å². The molecule has 1 aromatic carbocycles. The molecule has 4 N–H and O–H groups in total. The van der Waals surface area contributed by atoms with Gasteiger partial charge in [0.15, 0.2) is 4.34 Å². The molecule has 0 unspecified atom stereocenters. The van der Waals surface area contributed by atoms with Crippen LogP contribution in [-0.2, 0) is 0 Å². The third-order valence-electron chi connectivity index (χ3n) is 1.86. The second kappa shape index (κ2) is 4.91. The van der Waals surface area contributed by atoms with Crippen LogP contribution in [0.3, 0.4) is 0 Å². The summed E-state index contributed by atoms with van der Waals surface area (Å²) in [4.78, 5) is 15.9. The zero-order chi connectivity index (χ0) is 12.4. The van der Waals surface area contributed by atoms with E-state index in [1.807, 2.05) is 0 Å². The Kier molecular flexibility index (Phi) is 3.51. The molecule has 0 aliphatic rings. The number of carbonyl (C=O) groups is 1. The van der Waals surface area contributed by atoms with E-state index >= 15 is 0 Å². The molecule has 0 saturated heterocycles. The highest BCUT2D eigenvalue weighted by Gasteiger charge is 2.15. The van der Waals surface area contributed by atoms with E-state index in [1.165, 1.54) is 35.7 Å². The Morgan fingerprint density at radius 2 is 2.24 bits per heavy atom. The van der Waals surface area contributed by atoms with Crippen molar-refractivity contribution in [2.24, 2.45) is 5.73 Å². The Balaban J connectivity index is 2.48. The molecule has 17 heavy (non-hydrogen) atoms.